The van der Waals surface area contributed by atoms with Crippen molar-refractivity contribution in [1.82, 2.24) is 0 Å². The molecule has 63 valence electrons. The predicted octanol–water partition coefficient (Wildman–Crippen LogP) is 3.48. The van der Waals surface area contributed by atoms with Crippen LogP contribution in [0.2, 0.25) is 0 Å². The van der Waals surface area contributed by atoms with Crippen molar-refractivity contribution < 1.29 is 15.2 Å². The quantitative estimate of drug-likeness (QED) is 0.664. The minimum atomic E-state index is -1.83. The van der Waals surface area contributed by atoms with Crippen LogP contribution < -0.4 is 0 Å². The molecule has 0 unspecified atom stereocenters. The molecule has 0 aromatic heterocycles. The molecule has 0 heterocycles. The van der Waals surface area contributed by atoms with Gasteiger partial charge in [-0.1, -0.05) is 0 Å². The van der Waals surface area contributed by atoms with Gasteiger partial charge in [0.15, 0.2) is 0 Å². The summed E-state index contributed by atoms with van der Waals surface area (Å²) in [5.74, 6) is 0. The van der Waals surface area contributed by atoms with E-state index >= 15 is 0 Å². The Hall–Kier alpha value is 0.228. The van der Waals surface area contributed by atoms with Crippen LogP contribution >= 0.6 is 18.8 Å². The summed E-state index contributed by atoms with van der Waals surface area (Å²) in [6.45, 7) is 0. The second-order valence-electron chi connectivity index (χ2n) is 1.81. The zero-order valence-electron chi connectivity index (χ0n) is 5.61. The molecule has 0 aliphatic heterocycles. The predicted molar refractivity (Wildman–Crippen MR) is 47.2 cm³/mol. The van der Waals surface area contributed by atoms with Gasteiger partial charge in [0.25, 0.3) is 0 Å². The van der Waals surface area contributed by atoms with Crippen molar-refractivity contribution in [2.24, 2.45) is 0 Å². The second-order valence-corrected chi connectivity index (χ2v) is 9.22. The summed E-state index contributed by atoms with van der Waals surface area (Å²) >= 11 is -1.83. The fraction of sp³-hybridized carbons (Fsp3) is 0. The van der Waals surface area contributed by atoms with Crippen LogP contribution in [-0.2, 0) is 15.2 Å². The molecule has 0 spiro atoms. The summed E-state index contributed by atoms with van der Waals surface area (Å²) in [5.41, 5.74) is 0. The number of allylic oxidation sites excluding steroid dienone is 8. The first kappa shape index (κ1) is 9.32. The van der Waals surface area contributed by atoms with E-state index in [-0.39, 0.29) is 0 Å². The van der Waals surface area contributed by atoms with Gasteiger partial charge in [-0.2, -0.15) is 0 Å². The maximum atomic E-state index is 5.83. The van der Waals surface area contributed by atoms with Crippen molar-refractivity contribution in [1.29, 1.82) is 0 Å². The van der Waals surface area contributed by atoms with E-state index in [9.17, 15) is 0 Å². The van der Waals surface area contributed by atoms with Crippen LogP contribution in [0.25, 0.3) is 0 Å². The Kier molecular flexibility index (Phi) is 4.22. The van der Waals surface area contributed by atoms with Crippen molar-refractivity contribution in [3.8, 4) is 0 Å². The van der Waals surface area contributed by atoms with Gasteiger partial charge in [0.1, 0.15) is 0 Å². The van der Waals surface area contributed by atoms with Crippen LogP contribution in [-0.4, -0.2) is 0 Å². The summed E-state index contributed by atoms with van der Waals surface area (Å²) < 4.78 is 1.07. The van der Waals surface area contributed by atoms with Gasteiger partial charge < -0.3 is 0 Å². The molecule has 1 aliphatic carbocycles. The topological polar surface area (TPSA) is 0 Å². The average molecular weight is 369 g/mol. The van der Waals surface area contributed by atoms with Gasteiger partial charge in [-0.15, -0.1) is 0 Å². The molecule has 0 aromatic carbocycles. The summed E-state index contributed by atoms with van der Waals surface area (Å²) in [6.07, 6.45) is 13.7. The van der Waals surface area contributed by atoms with Crippen LogP contribution in [0, 0.1) is 0 Å². The molecule has 3 heteroatoms. The standard InChI is InChI=1S/C8H7.2ClH.Pt/c1-2-4-6-8-7-5-3-1;;;/h1-7H;2*1H;/q;;;+2/p-2. The first-order chi connectivity index (χ1) is 5.30. The average Bonchev–Trinajstić information content (AvgIpc) is 1.84. The normalized spacial score (nSPS) is 17.3. The molecule has 0 radical (unpaired) electrons. The van der Waals surface area contributed by atoms with E-state index in [0.717, 1.165) is 3.96 Å². The molecule has 1 aliphatic rings. The van der Waals surface area contributed by atoms with Gasteiger partial charge in [-0.05, 0) is 0 Å². The fourth-order valence-electron chi connectivity index (χ4n) is 0.611. The third-order valence-corrected chi connectivity index (χ3v) is 5.08. The Bertz CT molecular complexity index is 236. The van der Waals surface area contributed by atoms with Crippen molar-refractivity contribution in [3.63, 3.8) is 0 Å². The van der Waals surface area contributed by atoms with Gasteiger partial charge >= 0.3 is 80.6 Å². The molecular weight excluding hydrogens is 362 g/mol. The van der Waals surface area contributed by atoms with Crippen LogP contribution in [0.15, 0.2) is 46.5 Å². The van der Waals surface area contributed by atoms with E-state index in [1.807, 2.05) is 42.5 Å². The van der Waals surface area contributed by atoms with E-state index in [4.69, 9.17) is 18.8 Å². The maximum absolute atomic E-state index is 5.83. The third-order valence-electron chi connectivity index (χ3n) is 1.07. The summed E-state index contributed by atoms with van der Waals surface area (Å²) in [4.78, 5) is 0. The van der Waals surface area contributed by atoms with Gasteiger partial charge in [0.2, 0.25) is 0 Å². The van der Waals surface area contributed by atoms with Gasteiger partial charge in [-0.3, -0.25) is 0 Å². The van der Waals surface area contributed by atoms with Crippen molar-refractivity contribution >= 4 is 18.8 Å². The number of rotatable bonds is 1. The van der Waals surface area contributed by atoms with Crippen molar-refractivity contribution in [2.75, 3.05) is 0 Å². The fourth-order valence-corrected chi connectivity index (χ4v) is 2.93. The first-order valence-electron chi connectivity index (χ1n) is 2.97. The minimum absolute atomic E-state index is 1.07. The van der Waals surface area contributed by atoms with Gasteiger partial charge in [0, 0.05) is 0 Å². The Morgan fingerprint density at radius 1 is 0.909 bits per heavy atom. The van der Waals surface area contributed by atoms with Crippen molar-refractivity contribution in [3.05, 3.63) is 46.5 Å². The molecule has 0 bridgehead atoms. The van der Waals surface area contributed by atoms with Crippen molar-refractivity contribution in [2.45, 2.75) is 0 Å². The first-order valence-corrected chi connectivity index (χ1v) is 9.74. The SMILES string of the molecule is [Cl][Pt]([Cl])[C]1=CC=CC=CC=C1. The molecule has 0 saturated heterocycles. The third kappa shape index (κ3) is 3.42. The molecule has 1 rings (SSSR count). The van der Waals surface area contributed by atoms with E-state index in [1.54, 1.807) is 0 Å². The summed E-state index contributed by atoms with van der Waals surface area (Å²) in [6, 6.07) is 0. The second kappa shape index (κ2) is 4.98. The van der Waals surface area contributed by atoms with E-state index in [2.05, 4.69) is 0 Å². The number of halogens is 2. The Balaban J connectivity index is 2.78. The van der Waals surface area contributed by atoms with Crippen LogP contribution in [0.3, 0.4) is 0 Å². The number of hydrogen-bond acceptors (Lipinski definition) is 0. The number of hydrogen-bond donors (Lipinski definition) is 0. The molecule has 0 fully saturated rings. The van der Waals surface area contributed by atoms with E-state index in [1.165, 1.54) is 0 Å². The monoisotopic (exact) mass is 368 g/mol. The summed E-state index contributed by atoms with van der Waals surface area (Å²) in [5, 5.41) is 0. The molecule has 0 N–H and O–H groups in total. The molecular formula is C8H7Cl2Pt. The zero-order valence-corrected chi connectivity index (χ0v) is 9.40. The van der Waals surface area contributed by atoms with E-state index < -0.39 is 15.2 Å². The Morgan fingerprint density at radius 3 is 2.27 bits per heavy atom. The molecule has 0 atom stereocenters. The molecule has 11 heavy (non-hydrogen) atoms. The van der Waals surface area contributed by atoms with Crippen LogP contribution in [0.4, 0.5) is 0 Å². The molecule has 0 amide bonds. The van der Waals surface area contributed by atoms with E-state index in [0.29, 0.717) is 0 Å². The van der Waals surface area contributed by atoms with Gasteiger partial charge in [-0.25, -0.2) is 0 Å². The summed E-state index contributed by atoms with van der Waals surface area (Å²) in [7, 11) is 11.7. The molecule has 0 nitrogen and oxygen atoms in total. The molecule has 0 saturated carbocycles. The van der Waals surface area contributed by atoms with Crippen LogP contribution in [0.1, 0.15) is 0 Å². The Morgan fingerprint density at radius 2 is 1.55 bits per heavy atom. The Labute approximate surface area is 80.3 Å². The molecule has 0 aromatic rings. The van der Waals surface area contributed by atoms with Crippen LogP contribution in [0.5, 0.6) is 0 Å². The van der Waals surface area contributed by atoms with Gasteiger partial charge in [0.05, 0.1) is 0 Å². The zero-order chi connectivity index (χ0) is 8.10.